The van der Waals surface area contributed by atoms with Crippen LogP contribution in [0.15, 0.2) is 57.2 Å². The van der Waals surface area contributed by atoms with Gasteiger partial charge in [-0.2, -0.15) is 0 Å². The van der Waals surface area contributed by atoms with Gasteiger partial charge >= 0.3 is 5.91 Å². The fourth-order valence-electron chi connectivity index (χ4n) is 3.30. The maximum atomic E-state index is 12.1. The van der Waals surface area contributed by atoms with Gasteiger partial charge in [0, 0.05) is 18.5 Å². The molecule has 0 aliphatic carbocycles. The number of amides is 1. The summed E-state index contributed by atoms with van der Waals surface area (Å²) in [4.78, 5) is 20.3. The third kappa shape index (κ3) is 4.98. The number of ether oxygens (including phenoxy) is 1. The Morgan fingerprint density at radius 1 is 1.23 bits per heavy atom. The fraction of sp³-hybridized carbons (Fsp3) is 0.333. The standard InChI is InChI=1S/C21H23N5O4S/c1-15(18-7-4-12-31-18)24-30-13-19(27)22-23-20-16-5-2-3-6-17(16)26(21(20)28)14-25-8-10-29-11-9-25/h2-7,12,28H,8-11,13-14H2,1H3/b23-22?,24-15-. The van der Waals surface area contributed by atoms with Crippen molar-refractivity contribution in [3.63, 3.8) is 0 Å². The quantitative estimate of drug-likeness (QED) is 0.342. The smallest absolute Gasteiger partial charge is 0.304 e. The van der Waals surface area contributed by atoms with Gasteiger partial charge in [0.05, 0.1) is 36.0 Å². The Bertz CT molecular complexity index is 1100. The molecule has 1 aromatic carbocycles. The number of morpholine rings is 1. The van der Waals surface area contributed by atoms with Crippen molar-refractivity contribution in [2.75, 3.05) is 32.9 Å². The van der Waals surface area contributed by atoms with E-state index in [1.54, 1.807) is 11.5 Å². The average Bonchev–Trinajstić information content (AvgIpc) is 3.41. The zero-order valence-corrected chi connectivity index (χ0v) is 17.9. The average molecular weight is 442 g/mol. The molecule has 0 atom stereocenters. The molecule has 0 bridgehead atoms. The number of thiophene rings is 1. The van der Waals surface area contributed by atoms with Crippen molar-refractivity contribution >= 4 is 39.5 Å². The van der Waals surface area contributed by atoms with Crippen LogP contribution in [0.4, 0.5) is 5.69 Å². The number of aromatic nitrogens is 1. The lowest BCUT2D eigenvalue weighted by atomic mass is 10.2. The second kappa shape index (κ2) is 9.82. The summed E-state index contributed by atoms with van der Waals surface area (Å²) in [5.74, 6) is -0.621. The van der Waals surface area contributed by atoms with E-state index in [0.717, 1.165) is 28.9 Å². The molecule has 1 aliphatic heterocycles. The van der Waals surface area contributed by atoms with E-state index in [4.69, 9.17) is 9.57 Å². The molecule has 162 valence electrons. The van der Waals surface area contributed by atoms with Crippen molar-refractivity contribution in [1.29, 1.82) is 0 Å². The fourth-order valence-corrected chi connectivity index (χ4v) is 3.97. The minimum Gasteiger partial charge on any atom is -0.493 e. The minimum absolute atomic E-state index is 0.0308. The molecule has 0 unspecified atom stereocenters. The van der Waals surface area contributed by atoms with Crippen LogP contribution in [0, 0.1) is 0 Å². The summed E-state index contributed by atoms with van der Waals surface area (Å²) in [6.45, 7) is 4.86. The van der Waals surface area contributed by atoms with Crippen molar-refractivity contribution in [1.82, 2.24) is 9.47 Å². The Kier molecular flexibility index (Phi) is 6.70. The van der Waals surface area contributed by atoms with Crippen LogP contribution in [0.5, 0.6) is 5.88 Å². The predicted molar refractivity (Wildman–Crippen MR) is 118 cm³/mol. The molecule has 0 spiro atoms. The Hall–Kier alpha value is -3.08. The molecule has 2 aromatic heterocycles. The Morgan fingerprint density at radius 2 is 2.03 bits per heavy atom. The molecule has 3 aromatic rings. The topological polar surface area (TPSA) is 101 Å². The van der Waals surface area contributed by atoms with Gasteiger partial charge in [0.15, 0.2) is 12.3 Å². The lowest BCUT2D eigenvalue weighted by molar-refractivity contribution is -0.122. The maximum absolute atomic E-state index is 12.1. The van der Waals surface area contributed by atoms with Gasteiger partial charge in [0.1, 0.15) is 0 Å². The Balaban J connectivity index is 1.47. The highest BCUT2D eigenvalue weighted by molar-refractivity contribution is 7.12. The van der Waals surface area contributed by atoms with Crippen LogP contribution in [-0.4, -0.2) is 59.1 Å². The number of nitrogens with zero attached hydrogens (tertiary/aromatic N) is 5. The number of rotatable bonds is 7. The number of aromatic hydroxyl groups is 1. The third-order valence-corrected chi connectivity index (χ3v) is 5.87. The van der Waals surface area contributed by atoms with Crippen LogP contribution in [0.25, 0.3) is 10.9 Å². The van der Waals surface area contributed by atoms with Gasteiger partial charge < -0.3 is 14.7 Å². The van der Waals surface area contributed by atoms with Gasteiger partial charge in [-0.1, -0.05) is 29.4 Å². The van der Waals surface area contributed by atoms with E-state index in [9.17, 15) is 9.90 Å². The van der Waals surface area contributed by atoms with Crippen LogP contribution in [0.3, 0.4) is 0 Å². The monoisotopic (exact) mass is 441 g/mol. The van der Waals surface area contributed by atoms with Crippen molar-refractivity contribution in [3.05, 3.63) is 46.7 Å². The van der Waals surface area contributed by atoms with Crippen LogP contribution in [0.1, 0.15) is 11.8 Å². The number of fused-ring (bicyclic) bond motifs is 1. The zero-order chi connectivity index (χ0) is 21.6. The number of azo groups is 1. The summed E-state index contributed by atoms with van der Waals surface area (Å²) in [7, 11) is 0. The molecule has 1 fully saturated rings. The lowest BCUT2D eigenvalue weighted by Gasteiger charge is -2.27. The second-order valence-electron chi connectivity index (χ2n) is 7.01. The van der Waals surface area contributed by atoms with Gasteiger partial charge in [-0.25, -0.2) is 0 Å². The Morgan fingerprint density at radius 3 is 2.81 bits per heavy atom. The van der Waals surface area contributed by atoms with Crippen molar-refractivity contribution in [3.8, 4) is 5.88 Å². The molecular formula is C21H23N5O4S. The first-order valence-corrected chi connectivity index (χ1v) is 10.8. The van der Waals surface area contributed by atoms with Gasteiger partial charge in [-0.15, -0.1) is 21.6 Å². The molecule has 9 nitrogen and oxygen atoms in total. The van der Waals surface area contributed by atoms with Crippen molar-refractivity contribution < 1.29 is 19.5 Å². The van der Waals surface area contributed by atoms with Crippen LogP contribution < -0.4 is 0 Å². The number of hydrogen-bond donors (Lipinski definition) is 1. The molecule has 3 heterocycles. The van der Waals surface area contributed by atoms with E-state index in [1.165, 1.54) is 11.3 Å². The molecule has 1 saturated heterocycles. The summed E-state index contributed by atoms with van der Waals surface area (Å²) in [6.07, 6.45) is 0. The molecule has 1 amide bonds. The third-order valence-electron chi connectivity index (χ3n) is 4.89. The molecular weight excluding hydrogens is 418 g/mol. The number of hydrogen-bond acceptors (Lipinski definition) is 8. The lowest BCUT2D eigenvalue weighted by Crippen LogP contribution is -2.37. The number of oxime groups is 1. The maximum Gasteiger partial charge on any atom is 0.304 e. The molecule has 31 heavy (non-hydrogen) atoms. The molecule has 0 radical (unpaired) electrons. The summed E-state index contributed by atoms with van der Waals surface area (Å²) in [5, 5.41) is 25.1. The number of benzene rings is 1. The van der Waals surface area contributed by atoms with E-state index >= 15 is 0 Å². The largest absolute Gasteiger partial charge is 0.493 e. The van der Waals surface area contributed by atoms with E-state index in [2.05, 4.69) is 20.3 Å². The van der Waals surface area contributed by atoms with Gasteiger partial charge in [-0.3, -0.25) is 14.3 Å². The van der Waals surface area contributed by atoms with Gasteiger partial charge in [0.2, 0.25) is 5.88 Å². The minimum atomic E-state index is -0.591. The first-order chi connectivity index (χ1) is 15.1. The highest BCUT2D eigenvalue weighted by atomic mass is 32.1. The van der Waals surface area contributed by atoms with Gasteiger partial charge in [0.25, 0.3) is 0 Å². The van der Waals surface area contributed by atoms with Crippen LogP contribution >= 0.6 is 11.3 Å². The molecule has 4 rings (SSSR count). The Labute approximate surface area is 183 Å². The van der Waals surface area contributed by atoms with E-state index in [0.29, 0.717) is 25.6 Å². The number of carbonyl (C=O) groups excluding carboxylic acids is 1. The molecule has 0 saturated carbocycles. The van der Waals surface area contributed by atoms with Crippen molar-refractivity contribution in [2.45, 2.75) is 13.6 Å². The molecule has 1 aliphatic rings. The van der Waals surface area contributed by atoms with E-state index in [-0.39, 0.29) is 18.2 Å². The zero-order valence-electron chi connectivity index (χ0n) is 17.1. The highest BCUT2D eigenvalue weighted by Crippen LogP contribution is 2.39. The molecule has 1 N–H and O–H groups in total. The van der Waals surface area contributed by atoms with E-state index in [1.807, 2.05) is 41.8 Å². The number of para-hydroxylation sites is 1. The molecule has 10 heteroatoms. The van der Waals surface area contributed by atoms with Crippen molar-refractivity contribution in [2.24, 2.45) is 15.4 Å². The van der Waals surface area contributed by atoms with Gasteiger partial charge in [-0.05, 0) is 24.4 Å². The van der Waals surface area contributed by atoms with Crippen LogP contribution in [0.2, 0.25) is 0 Å². The summed E-state index contributed by atoms with van der Waals surface area (Å²) in [6, 6.07) is 11.3. The second-order valence-corrected chi connectivity index (χ2v) is 7.96. The summed E-state index contributed by atoms with van der Waals surface area (Å²) >= 11 is 1.54. The first-order valence-electron chi connectivity index (χ1n) is 9.89. The normalized spacial score (nSPS) is 15.7. The van der Waals surface area contributed by atoms with E-state index < -0.39 is 5.91 Å². The summed E-state index contributed by atoms with van der Waals surface area (Å²) in [5.41, 5.74) is 1.76. The highest BCUT2D eigenvalue weighted by Gasteiger charge is 2.19. The predicted octanol–water partition coefficient (Wildman–Crippen LogP) is 3.75. The number of carbonyl (C=O) groups is 1. The SMILES string of the molecule is C/C(=N/OCC(=O)N=Nc1c(O)n(CN2CCOCC2)c2ccccc12)c1cccs1. The first kappa shape index (κ1) is 21.2. The summed E-state index contributed by atoms with van der Waals surface area (Å²) < 4.78 is 7.16. The van der Waals surface area contributed by atoms with Crippen LogP contribution in [-0.2, 0) is 21.0 Å².